The summed E-state index contributed by atoms with van der Waals surface area (Å²) in [5.74, 6) is 0.788. The largest absolute Gasteiger partial charge is 0.434 e. The van der Waals surface area contributed by atoms with E-state index in [0.29, 0.717) is 28.4 Å². The minimum atomic E-state index is -2.89. The summed E-state index contributed by atoms with van der Waals surface area (Å²) in [5, 5.41) is 0. The molecule has 0 amide bonds. The Hall–Kier alpha value is -2.70. The molecule has 3 aromatic rings. The second kappa shape index (κ2) is 4.76. The monoisotopic (exact) mass is 276 g/mol. The predicted octanol–water partition coefficient (Wildman–Crippen LogP) is 2.81. The number of fused-ring (bicyclic) bond motifs is 1. The molecule has 20 heavy (non-hydrogen) atoms. The molecule has 2 heterocycles. The molecule has 0 aliphatic rings. The summed E-state index contributed by atoms with van der Waals surface area (Å²) in [6.45, 7) is -2.89. The first-order valence-corrected chi connectivity index (χ1v) is 5.80. The van der Waals surface area contributed by atoms with Gasteiger partial charge >= 0.3 is 6.61 Å². The number of ether oxygens (including phenoxy) is 1. The predicted molar refractivity (Wildman–Crippen MR) is 70.4 cm³/mol. The van der Waals surface area contributed by atoms with Crippen LogP contribution >= 0.6 is 0 Å². The van der Waals surface area contributed by atoms with Crippen LogP contribution in [0.2, 0.25) is 0 Å². The third-order valence-corrected chi connectivity index (χ3v) is 2.73. The summed E-state index contributed by atoms with van der Waals surface area (Å²) < 4.78 is 29.3. The summed E-state index contributed by atoms with van der Waals surface area (Å²) >= 11 is 0. The number of nitrogens with zero attached hydrogens (tertiary/aromatic N) is 2. The lowest BCUT2D eigenvalue weighted by Gasteiger charge is -2.08. The minimum Gasteiger partial charge on any atom is -0.434 e. The molecule has 0 unspecified atom stereocenters. The average Bonchev–Trinajstić information content (AvgIpc) is 2.81. The number of rotatable bonds is 3. The van der Waals surface area contributed by atoms with Gasteiger partial charge in [-0.1, -0.05) is 12.1 Å². The number of halogens is 2. The molecule has 5 nitrogen and oxygen atoms in total. The highest BCUT2D eigenvalue weighted by Gasteiger charge is 2.14. The molecule has 102 valence electrons. The van der Waals surface area contributed by atoms with E-state index in [-0.39, 0.29) is 5.75 Å². The molecule has 0 radical (unpaired) electrons. The van der Waals surface area contributed by atoms with E-state index in [9.17, 15) is 8.78 Å². The van der Waals surface area contributed by atoms with E-state index < -0.39 is 6.61 Å². The zero-order chi connectivity index (χ0) is 14.1. The first-order valence-electron chi connectivity index (χ1n) is 5.80. The second-order valence-corrected chi connectivity index (χ2v) is 4.07. The number of H-pyrrole nitrogens is 1. The second-order valence-electron chi connectivity index (χ2n) is 4.07. The number of nitrogens with one attached hydrogen (secondary N) is 1. The molecule has 1 aromatic carbocycles. The van der Waals surface area contributed by atoms with Gasteiger partial charge in [0.2, 0.25) is 0 Å². The number of anilines is 1. The molecular formula is C13H10F2N4O. The van der Waals surface area contributed by atoms with Crippen LogP contribution in [0.1, 0.15) is 0 Å². The van der Waals surface area contributed by atoms with Gasteiger partial charge in [-0.3, -0.25) is 0 Å². The van der Waals surface area contributed by atoms with Crippen LogP contribution in [-0.4, -0.2) is 21.6 Å². The van der Waals surface area contributed by atoms with Gasteiger partial charge in [0, 0.05) is 0 Å². The fourth-order valence-electron chi connectivity index (χ4n) is 1.90. The first-order chi connectivity index (χ1) is 9.63. The minimum absolute atomic E-state index is 0.0505. The Morgan fingerprint density at radius 2 is 1.90 bits per heavy atom. The first kappa shape index (κ1) is 12.3. The highest BCUT2D eigenvalue weighted by molar-refractivity contribution is 5.78. The van der Waals surface area contributed by atoms with Crippen molar-refractivity contribution in [2.75, 3.05) is 5.73 Å². The molecule has 0 bridgehead atoms. The summed E-state index contributed by atoms with van der Waals surface area (Å²) in [5.41, 5.74) is 7.10. The molecular weight excluding hydrogens is 266 g/mol. The van der Waals surface area contributed by atoms with Crippen molar-refractivity contribution in [1.82, 2.24) is 15.0 Å². The number of para-hydroxylation sites is 1. The number of imidazole rings is 1. The SMILES string of the molecule is Nc1ccc2[nH]c(-c3ccccc3OC(F)F)nc2n1. The van der Waals surface area contributed by atoms with E-state index in [1.807, 2.05) is 0 Å². The standard InChI is InChI=1S/C13H10F2N4O/c14-13(15)20-9-4-2-1-3-7(9)11-17-8-5-6-10(16)18-12(8)19-11/h1-6,13H,(H3,16,17,18,19). The molecule has 0 spiro atoms. The Balaban J connectivity index is 2.10. The van der Waals surface area contributed by atoms with Crippen LogP contribution in [-0.2, 0) is 0 Å². The van der Waals surface area contributed by atoms with Crippen LogP contribution in [0.25, 0.3) is 22.6 Å². The van der Waals surface area contributed by atoms with Gasteiger partial charge < -0.3 is 15.5 Å². The number of alkyl halides is 2. The van der Waals surface area contributed by atoms with Crippen LogP contribution in [0.5, 0.6) is 5.75 Å². The van der Waals surface area contributed by atoms with Gasteiger partial charge in [-0.05, 0) is 24.3 Å². The number of nitrogen functional groups attached to an aromatic ring is 1. The van der Waals surface area contributed by atoms with Gasteiger partial charge in [0.15, 0.2) is 5.65 Å². The van der Waals surface area contributed by atoms with Crippen molar-refractivity contribution in [3.63, 3.8) is 0 Å². The molecule has 3 N–H and O–H groups in total. The molecule has 0 aliphatic heterocycles. The Labute approximate surface area is 112 Å². The van der Waals surface area contributed by atoms with Crippen molar-refractivity contribution >= 4 is 17.0 Å². The number of benzene rings is 1. The van der Waals surface area contributed by atoms with Gasteiger partial charge in [0.1, 0.15) is 17.4 Å². The number of aromatic nitrogens is 3. The molecule has 0 saturated heterocycles. The number of aromatic amines is 1. The zero-order valence-corrected chi connectivity index (χ0v) is 10.2. The Kier molecular flexibility index (Phi) is 2.94. The van der Waals surface area contributed by atoms with E-state index >= 15 is 0 Å². The lowest BCUT2D eigenvalue weighted by Crippen LogP contribution is -2.03. The topological polar surface area (TPSA) is 76.8 Å². The van der Waals surface area contributed by atoms with Crippen molar-refractivity contribution in [3.05, 3.63) is 36.4 Å². The maximum atomic E-state index is 12.4. The van der Waals surface area contributed by atoms with Gasteiger partial charge in [-0.15, -0.1) is 0 Å². The number of hydrogen-bond acceptors (Lipinski definition) is 4. The smallest absolute Gasteiger partial charge is 0.387 e. The molecule has 0 aliphatic carbocycles. The van der Waals surface area contributed by atoms with E-state index in [2.05, 4.69) is 19.7 Å². The molecule has 0 saturated carbocycles. The number of nitrogens with two attached hydrogens (primary N) is 1. The quantitative estimate of drug-likeness (QED) is 0.771. The summed E-state index contributed by atoms with van der Waals surface area (Å²) in [4.78, 5) is 11.3. The highest BCUT2D eigenvalue weighted by atomic mass is 19.3. The molecule has 2 aromatic heterocycles. The van der Waals surface area contributed by atoms with E-state index in [1.54, 1.807) is 30.3 Å². The Morgan fingerprint density at radius 3 is 2.70 bits per heavy atom. The van der Waals surface area contributed by atoms with E-state index in [0.717, 1.165) is 0 Å². The zero-order valence-electron chi connectivity index (χ0n) is 10.2. The van der Waals surface area contributed by atoms with Crippen LogP contribution < -0.4 is 10.5 Å². The number of pyridine rings is 1. The average molecular weight is 276 g/mol. The van der Waals surface area contributed by atoms with Gasteiger partial charge in [0.05, 0.1) is 11.1 Å². The fourth-order valence-corrected chi connectivity index (χ4v) is 1.90. The van der Waals surface area contributed by atoms with Crippen molar-refractivity contribution < 1.29 is 13.5 Å². The van der Waals surface area contributed by atoms with Crippen molar-refractivity contribution in [1.29, 1.82) is 0 Å². The highest BCUT2D eigenvalue weighted by Crippen LogP contribution is 2.30. The Bertz CT molecular complexity index is 757. The summed E-state index contributed by atoms with van der Waals surface area (Å²) in [7, 11) is 0. The third-order valence-electron chi connectivity index (χ3n) is 2.73. The summed E-state index contributed by atoms with van der Waals surface area (Å²) in [6, 6.07) is 9.77. The molecule has 3 rings (SSSR count). The summed E-state index contributed by atoms with van der Waals surface area (Å²) in [6.07, 6.45) is 0. The maximum Gasteiger partial charge on any atom is 0.387 e. The molecule has 0 atom stereocenters. The normalized spacial score (nSPS) is 11.2. The van der Waals surface area contributed by atoms with E-state index in [4.69, 9.17) is 5.73 Å². The van der Waals surface area contributed by atoms with E-state index in [1.165, 1.54) is 6.07 Å². The number of hydrogen-bond donors (Lipinski definition) is 2. The van der Waals surface area contributed by atoms with Gasteiger partial charge in [-0.2, -0.15) is 8.78 Å². The third kappa shape index (κ3) is 2.25. The molecule has 0 fully saturated rings. The van der Waals surface area contributed by atoms with Crippen molar-refractivity contribution in [2.24, 2.45) is 0 Å². The lowest BCUT2D eigenvalue weighted by atomic mass is 10.2. The van der Waals surface area contributed by atoms with Crippen LogP contribution in [0.15, 0.2) is 36.4 Å². The van der Waals surface area contributed by atoms with Crippen LogP contribution in [0.3, 0.4) is 0 Å². The van der Waals surface area contributed by atoms with Crippen molar-refractivity contribution in [2.45, 2.75) is 6.61 Å². The van der Waals surface area contributed by atoms with Gasteiger partial charge in [0.25, 0.3) is 0 Å². The maximum absolute atomic E-state index is 12.4. The van der Waals surface area contributed by atoms with Gasteiger partial charge in [-0.25, -0.2) is 9.97 Å². The Morgan fingerprint density at radius 1 is 1.10 bits per heavy atom. The van der Waals surface area contributed by atoms with Crippen molar-refractivity contribution in [3.8, 4) is 17.1 Å². The van der Waals surface area contributed by atoms with Crippen LogP contribution in [0.4, 0.5) is 14.6 Å². The fraction of sp³-hybridized carbons (Fsp3) is 0.0769. The molecule has 7 heteroatoms. The lowest BCUT2D eigenvalue weighted by molar-refractivity contribution is -0.0494. The van der Waals surface area contributed by atoms with Crippen LogP contribution in [0, 0.1) is 0 Å².